The monoisotopic (exact) mass is 486 g/mol. The van der Waals surface area contributed by atoms with E-state index in [2.05, 4.69) is 24.1 Å². The molecule has 7 nitrogen and oxygen atoms in total. The molecule has 2 aliphatic heterocycles. The van der Waals surface area contributed by atoms with Crippen molar-refractivity contribution in [2.45, 2.75) is 65.0 Å². The molecule has 7 heteroatoms. The minimum absolute atomic E-state index is 0.00737. The van der Waals surface area contributed by atoms with Crippen LogP contribution in [0.4, 0.5) is 10.5 Å². The second kappa shape index (κ2) is 9.12. The minimum Gasteiger partial charge on any atom is -0.356 e. The van der Waals surface area contributed by atoms with Gasteiger partial charge in [0.15, 0.2) is 5.54 Å². The van der Waals surface area contributed by atoms with Crippen LogP contribution < -0.4 is 10.2 Å². The Labute approximate surface area is 211 Å². The molecule has 0 spiro atoms. The molecule has 188 valence electrons. The first-order valence-corrected chi connectivity index (χ1v) is 12.9. The Hall–Kier alpha value is -3.61. The average Bonchev–Trinajstić information content (AvgIpc) is 3.32. The molecule has 1 aromatic heterocycles. The largest absolute Gasteiger partial charge is 0.356 e. The van der Waals surface area contributed by atoms with Crippen LogP contribution in [0.1, 0.15) is 68.6 Å². The number of urea groups is 1. The first-order chi connectivity index (χ1) is 17.2. The van der Waals surface area contributed by atoms with Crippen LogP contribution in [0.5, 0.6) is 0 Å². The topological polar surface area (TPSA) is 85.5 Å². The van der Waals surface area contributed by atoms with Crippen molar-refractivity contribution < 1.29 is 14.4 Å². The number of carbonyl (C=O) groups is 3. The third kappa shape index (κ3) is 3.77. The van der Waals surface area contributed by atoms with Crippen molar-refractivity contribution in [3.8, 4) is 0 Å². The summed E-state index contributed by atoms with van der Waals surface area (Å²) in [5, 5.41) is 4.14. The molecule has 1 saturated heterocycles. The van der Waals surface area contributed by atoms with Gasteiger partial charge in [-0.3, -0.25) is 9.59 Å². The van der Waals surface area contributed by atoms with E-state index in [4.69, 9.17) is 0 Å². The van der Waals surface area contributed by atoms with Crippen LogP contribution >= 0.6 is 0 Å². The lowest BCUT2D eigenvalue weighted by Crippen LogP contribution is -2.49. The highest BCUT2D eigenvalue weighted by Crippen LogP contribution is 2.45. The van der Waals surface area contributed by atoms with Gasteiger partial charge in [-0.1, -0.05) is 57.0 Å². The Bertz CT molecular complexity index is 1340. The van der Waals surface area contributed by atoms with Gasteiger partial charge < -0.3 is 15.2 Å². The average molecular weight is 487 g/mol. The summed E-state index contributed by atoms with van der Waals surface area (Å²) in [4.78, 5) is 47.2. The van der Waals surface area contributed by atoms with Crippen molar-refractivity contribution in [3.63, 3.8) is 0 Å². The van der Waals surface area contributed by atoms with Gasteiger partial charge in [-0.25, -0.2) is 9.69 Å². The van der Waals surface area contributed by atoms with Crippen LogP contribution in [0, 0.1) is 5.92 Å². The van der Waals surface area contributed by atoms with Crippen molar-refractivity contribution in [2.24, 2.45) is 5.92 Å². The van der Waals surface area contributed by atoms with Gasteiger partial charge in [0.05, 0.1) is 16.9 Å². The van der Waals surface area contributed by atoms with Crippen molar-refractivity contribution >= 4 is 34.4 Å². The highest BCUT2D eigenvalue weighted by molar-refractivity contribution is 6.25. The Morgan fingerprint density at radius 1 is 1.06 bits per heavy atom. The lowest BCUT2D eigenvalue weighted by molar-refractivity contribution is -0.125. The molecule has 0 bridgehead atoms. The van der Waals surface area contributed by atoms with Crippen molar-refractivity contribution in [2.75, 3.05) is 11.4 Å². The van der Waals surface area contributed by atoms with Crippen LogP contribution in [0.3, 0.4) is 0 Å². The normalized spacial score (nSPS) is 20.1. The van der Waals surface area contributed by atoms with Crippen LogP contribution in [-0.4, -0.2) is 40.3 Å². The van der Waals surface area contributed by atoms with Gasteiger partial charge in [0.25, 0.3) is 11.8 Å². The molecule has 0 aliphatic carbocycles. The van der Waals surface area contributed by atoms with Gasteiger partial charge in [-0.15, -0.1) is 0 Å². The number of hydrogen-bond acceptors (Lipinski definition) is 3. The summed E-state index contributed by atoms with van der Waals surface area (Å²) in [5.74, 6) is 0.00769. The van der Waals surface area contributed by atoms with Gasteiger partial charge in [0.2, 0.25) is 0 Å². The van der Waals surface area contributed by atoms with Crippen molar-refractivity contribution in [1.82, 2.24) is 15.2 Å². The van der Waals surface area contributed by atoms with Crippen LogP contribution in [-0.2, 0) is 16.8 Å². The minimum atomic E-state index is -1.16. The SMILES string of the molecule is CC(C)CCCC(C)NC(=O)c1ccccc1N1C(=O)N2CCc3c([nH]c4ccccc34)[C@@]2(C)C1=O. The molecule has 36 heavy (non-hydrogen) atoms. The number of anilines is 1. The standard InChI is InChI=1S/C29H34N4O3/c1-18(2)10-9-11-19(3)30-26(34)22-13-6-8-15-24(22)33-27(35)29(4)25-21(16-17-32(29)28(33)36)20-12-5-7-14-23(20)31-25/h5-8,12-15,18-19,31H,9-11,16-17H2,1-4H3,(H,30,34)/t19?,29-/m0/s1. The van der Waals surface area contributed by atoms with Crippen LogP contribution in [0.25, 0.3) is 10.9 Å². The number of carbonyl (C=O) groups excluding carboxylic acids is 3. The van der Waals surface area contributed by atoms with E-state index in [0.717, 1.165) is 41.4 Å². The summed E-state index contributed by atoms with van der Waals surface area (Å²) in [5.41, 5.74) is 2.29. The maximum atomic E-state index is 14.0. The summed E-state index contributed by atoms with van der Waals surface area (Å²) in [6.45, 7) is 8.62. The summed E-state index contributed by atoms with van der Waals surface area (Å²) in [6, 6.07) is 14.5. The summed E-state index contributed by atoms with van der Waals surface area (Å²) < 4.78 is 0. The Kier molecular flexibility index (Phi) is 6.10. The number of benzene rings is 2. The van der Waals surface area contributed by atoms with E-state index in [-0.39, 0.29) is 17.9 Å². The number of rotatable bonds is 7. The molecule has 3 aromatic rings. The van der Waals surface area contributed by atoms with Gasteiger partial charge in [-0.2, -0.15) is 0 Å². The fourth-order valence-electron chi connectivity index (χ4n) is 5.67. The summed E-state index contributed by atoms with van der Waals surface area (Å²) >= 11 is 0. The third-order valence-electron chi connectivity index (χ3n) is 7.65. The van der Waals surface area contributed by atoms with Crippen molar-refractivity contribution in [3.05, 3.63) is 65.4 Å². The van der Waals surface area contributed by atoms with Crippen molar-refractivity contribution in [1.29, 1.82) is 0 Å². The van der Waals surface area contributed by atoms with E-state index in [1.165, 1.54) is 4.90 Å². The lowest BCUT2D eigenvalue weighted by Gasteiger charge is -2.35. The van der Waals surface area contributed by atoms with Gasteiger partial charge in [-0.05, 0) is 56.4 Å². The number of amides is 4. The number of fused-ring (bicyclic) bond motifs is 5. The Balaban J connectivity index is 1.46. The number of nitrogens with zero attached hydrogens (tertiary/aromatic N) is 2. The van der Waals surface area contributed by atoms with Crippen LogP contribution in [0.2, 0.25) is 0 Å². The third-order valence-corrected chi connectivity index (χ3v) is 7.65. The molecule has 5 rings (SSSR count). The molecule has 4 amide bonds. The smallest absolute Gasteiger partial charge is 0.332 e. The first kappa shape index (κ1) is 24.1. The summed E-state index contributed by atoms with van der Waals surface area (Å²) in [6.07, 6.45) is 3.68. The predicted molar refractivity (Wildman–Crippen MR) is 141 cm³/mol. The molecule has 1 fully saturated rings. The number of aromatic nitrogens is 1. The maximum absolute atomic E-state index is 14.0. The van der Waals surface area contributed by atoms with E-state index in [0.29, 0.717) is 30.1 Å². The van der Waals surface area contributed by atoms with E-state index < -0.39 is 11.6 Å². The molecule has 0 radical (unpaired) electrons. The summed E-state index contributed by atoms with van der Waals surface area (Å²) in [7, 11) is 0. The number of nitrogens with one attached hydrogen (secondary N) is 2. The second-order valence-electron chi connectivity index (χ2n) is 10.6. The number of hydrogen-bond donors (Lipinski definition) is 2. The Morgan fingerprint density at radius 2 is 1.78 bits per heavy atom. The molecule has 2 N–H and O–H groups in total. The van der Waals surface area contributed by atoms with E-state index in [1.54, 1.807) is 36.1 Å². The van der Waals surface area contributed by atoms with E-state index in [9.17, 15) is 14.4 Å². The zero-order valence-electron chi connectivity index (χ0n) is 21.4. The highest BCUT2D eigenvalue weighted by Gasteiger charge is 2.59. The molecule has 2 aliphatic rings. The van der Waals surface area contributed by atoms with Gasteiger partial charge >= 0.3 is 6.03 Å². The van der Waals surface area contributed by atoms with Crippen LogP contribution in [0.15, 0.2) is 48.5 Å². The first-order valence-electron chi connectivity index (χ1n) is 12.9. The molecule has 3 heterocycles. The molecular formula is C29H34N4O3. The van der Waals surface area contributed by atoms with E-state index >= 15 is 0 Å². The molecule has 2 aromatic carbocycles. The van der Waals surface area contributed by atoms with Gasteiger partial charge in [0.1, 0.15) is 0 Å². The van der Waals surface area contributed by atoms with Gasteiger partial charge in [0, 0.05) is 23.5 Å². The molecule has 0 saturated carbocycles. The number of H-pyrrole nitrogens is 1. The number of para-hydroxylation sites is 2. The second-order valence-corrected chi connectivity index (χ2v) is 10.6. The molecule has 2 atom stereocenters. The number of aromatic amines is 1. The lowest BCUT2D eigenvalue weighted by atomic mass is 9.87. The zero-order chi connectivity index (χ0) is 25.6. The fraction of sp³-hybridized carbons (Fsp3) is 0.414. The fourth-order valence-corrected chi connectivity index (χ4v) is 5.67. The Morgan fingerprint density at radius 3 is 2.56 bits per heavy atom. The number of imide groups is 1. The molecular weight excluding hydrogens is 452 g/mol. The van der Waals surface area contributed by atoms with E-state index in [1.807, 2.05) is 31.2 Å². The molecule has 1 unspecified atom stereocenters. The maximum Gasteiger partial charge on any atom is 0.332 e. The highest BCUT2D eigenvalue weighted by atomic mass is 16.2. The predicted octanol–water partition coefficient (Wildman–Crippen LogP) is 5.35. The zero-order valence-corrected chi connectivity index (χ0v) is 21.4. The quantitative estimate of drug-likeness (QED) is 0.441.